The van der Waals surface area contributed by atoms with E-state index in [-0.39, 0.29) is 19.0 Å². The molecule has 0 aliphatic heterocycles. The zero-order valence-electron chi connectivity index (χ0n) is 14.3. The molecule has 0 bridgehead atoms. The summed E-state index contributed by atoms with van der Waals surface area (Å²) in [5, 5.41) is 13.0. The summed E-state index contributed by atoms with van der Waals surface area (Å²) in [6, 6.07) is 7.62. The average molecular weight is 403 g/mol. The van der Waals surface area contributed by atoms with Gasteiger partial charge >= 0.3 is 12.4 Å². The summed E-state index contributed by atoms with van der Waals surface area (Å²) in [7, 11) is 0. The Morgan fingerprint density at radius 3 is 2.14 bits per heavy atom. The highest BCUT2D eigenvalue weighted by molar-refractivity contribution is 5.94. The molecule has 0 fully saturated rings. The van der Waals surface area contributed by atoms with Crippen LogP contribution in [-0.4, -0.2) is 17.6 Å². The summed E-state index contributed by atoms with van der Waals surface area (Å²) < 4.78 is 77.5. The third-order valence-electron chi connectivity index (χ3n) is 4.72. The van der Waals surface area contributed by atoms with E-state index in [1.54, 1.807) is 24.3 Å². The number of fused-ring (bicyclic) bond motifs is 1. The molecule has 1 aliphatic carbocycles. The van der Waals surface area contributed by atoms with Gasteiger partial charge in [0.25, 0.3) is 5.91 Å². The Labute approximate surface area is 156 Å². The second kappa shape index (κ2) is 6.80. The first-order chi connectivity index (χ1) is 12.9. The fraction of sp³-hybridized carbons (Fsp3) is 0.316. The lowest BCUT2D eigenvalue weighted by atomic mass is 9.95. The van der Waals surface area contributed by atoms with Crippen molar-refractivity contribution in [2.24, 2.45) is 0 Å². The fourth-order valence-corrected chi connectivity index (χ4v) is 3.27. The third-order valence-corrected chi connectivity index (χ3v) is 4.72. The number of alkyl halides is 6. The van der Waals surface area contributed by atoms with Crippen molar-refractivity contribution in [1.29, 1.82) is 0 Å². The van der Waals surface area contributed by atoms with Crippen LogP contribution < -0.4 is 5.32 Å². The van der Waals surface area contributed by atoms with Gasteiger partial charge in [-0.2, -0.15) is 26.3 Å². The second-order valence-electron chi connectivity index (χ2n) is 6.67. The highest BCUT2D eigenvalue weighted by Gasteiger charge is 2.39. The minimum Gasteiger partial charge on any atom is -0.383 e. The van der Waals surface area contributed by atoms with Crippen LogP contribution in [0.2, 0.25) is 0 Å². The number of rotatable bonds is 3. The Morgan fingerprint density at radius 1 is 1.00 bits per heavy atom. The van der Waals surface area contributed by atoms with E-state index in [1.807, 2.05) is 0 Å². The molecular formula is C19H15F6NO2. The van der Waals surface area contributed by atoms with Crippen LogP contribution in [0.4, 0.5) is 26.3 Å². The normalized spacial score (nSPS) is 19.4. The molecule has 1 unspecified atom stereocenters. The molecule has 0 aromatic heterocycles. The van der Waals surface area contributed by atoms with Crippen molar-refractivity contribution in [3.05, 3.63) is 70.3 Å². The Kier molecular flexibility index (Phi) is 4.91. The summed E-state index contributed by atoms with van der Waals surface area (Å²) >= 11 is 0. The molecule has 2 N–H and O–H groups in total. The van der Waals surface area contributed by atoms with Crippen molar-refractivity contribution in [2.75, 3.05) is 6.54 Å². The minimum absolute atomic E-state index is 0.0441. The Balaban J connectivity index is 1.85. The van der Waals surface area contributed by atoms with Gasteiger partial charge in [0.2, 0.25) is 0 Å². The lowest BCUT2D eigenvalue weighted by Gasteiger charge is -2.24. The molecular weight excluding hydrogens is 388 g/mol. The Morgan fingerprint density at radius 2 is 1.57 bits per heavy atom. The van der Waals surface area contributed by atoms with Crippen molar-refractivity contribution < 1.29 is 36.2 Å². The number of amides is 1. The van der Waals surface area contributed by atoms with E-state index in [1.165, 1.54) is 0 Å². The SMILES string of the molecule is O=C(NCC1(O)CCc2ccccc21)c1cc(C(F)(F)F)cc(C(F)(F)F)c1. The molecule has 3 rings (SSSR count). The predicted molar refractivity (Wildman–Crippen MR) is 87.4 cm³/mol. The van der Waals surface area contributed by atoms with Crippen molar-refractivity contribution >= 4 is 5.91 Å². The standard InChI is InChI=1S/C19H15F6NO2/c20-18(21,22)13-7-12(8-14(9-13)19(23,24)25)16(27)26-10-17(28)6-5-11-3-1-2-4-15(11)17/h1-4,7-9,28H,5-6,10H2,(H,26,27). The quantitative estimate of drug-likeness (QED) is 0.752. The maximum atomic E-state index is 12.9. The molecule has 0 radical (unpaired) electrons. The van der Waals surface area contributed by atoms with E-state index >= 15 is 0 Å². The number of benzene rings is 2. The monoisotopic (exact) mass is 403 g/mol. The summed E-state index contributed by atoms with van der Waals surface area (Å²) in [5.41, 5.74) is -3.90. The van der Waals surface area contributed by atoms with Crippen LogP contribution in [0.1, 0.15) is 39.0 Å². The first-order valence-electron chi connectivity index (χ1n) is 8.29. The molecule has 2 aromatic carbocycles. The van der Waals surface area contributed by atoms with Crippen molar-refractivity contribution in [3.63, 3.8) is 0 Å². The lowest BCUT2D eigenvalue weighted by Crippen LogP contribution is -2.39. The Bertz CT molecular complexity index is 874. The van der Waals surface area contributed by atoms with Crippen LogP contribution in [0.25, 0.3) is 0 Å². The highest BCUT2D eigenvalue weighted by Crippen LogP contribution is 2.37. The van der Waals surface area contributed by atoms with Crippen LogP contribution in [-0.2, 0) is 24.4 Å². The van der Waals surface area contributed by atoms with Crippen LogP contribution in [0.15, 0.2) is 42.5 Å². The number of carbonyl (C=O) groups is 1. The summed E-state index contributed by atoms with van der Waals surface area (Å²) in [4.78, 5) is 12.3. The predicted octanol–water partition coefficient (Wildman–Crippen LogP) is 4.29. The number of carbonyl (C=O) groups excluding carboxylic acids is 1. The molecule has 150 valence electrons. The lowest BCUT2D eigenvalue weighted by molar-refractivity contribution is -0.143. The van der Waals surface area contributed by atoms with Gasteiger partial charge in [0.05, 0.1) is 17.7 Å². The van der Waals surface area contributed by atoms with Crippen molar-refractivity contribution in [1.82, 2.24) is 5.32 Å². The van der Waals surface area contributed by atoms with Gasteiger partial charge in [-0.05, 0) is 42.2 Å². The number of hydrogen-bond donors (Lipinski definition) is 2. The summed E-state index contributed by atoms with van der Waals surface area (Å²) in [5.74, 6) is -1.13. The maximum absolute atomic E-state index is 12.9. The maximum Gasteiger partial charge on any atom is 0.416 e. The molecule has 3 nitrogen and oxygen atoms in total. The number of aliphatic hydroxyl groups is 1. The number of halogens is 6. The molecule has 1 atom stereocenters. The van der Waals surface area contributed by atoms with Crippen LogP contribution in [0.5, 0.6) is 0 Å². The molecule has 9 heteroatoms. The van der Waals surface area contributed by atoms with E-state index in [0.717, 1.165) is 5.56 Å². The smallest absolute Gasteiger partial charge is 0.383 e. The molecule has 1 aliphatic rings. The van der Waals surface area contributed by atoms with E-state index < -0.39 is 40.6 Å². The number of hydrogen-bond acceptors (Lipinski definition) is 2. The first-order valence-corrected chi connectivity index (χ1v) is 8.29. The molecule has 0 saturated carbocycles. The van der Waals surface area contributed by atoms with E-state index in [0.29, 0.717) is 24.1 Å². The Hall–Kier alpha value is -2.55. The van der Waals surface area contributed by atoms with Crippen molar-refractivity contribution in [3.8, 4) is 0 Å². The fourth-order valence-electron chi connectivity index (χ4n) is 3.27. The van der Waals surface area contributed by atoms with Gasteiger partial charge in [-0.25, -0.2) is 0 Å². The molecule has 0 saturated heterocycles. The van der Waals surface area contributed by atoms with Gasteiger partial charge in [0.1, 0.15) is 5.60 Å². The number of nitrogens with one attached hydrogen (secondary N) is 1. The topological polar surface area (TPSA) is 49.3 Å². The average Bonchev–Trinajstić information content (AvgIpc) is 2.96. The molecule has 0 heterocycles. The first kappa shape index (κ1) is 20.2. The minimum atomic E-state index is -5.04. The largest absolute Gasteiger partial charge is 0.416 e. The number of aryl methyl sites for hydroxylation is 1. The third kappa shape index (κ3) is 3.99. The van der Waals surface area contributed by atoms with Gasteiger partial charge in [0, 0.05) is 5.56 Å². The summed E-state index contributed by atoms with van der Waals surface area (Å²) in [6.07, 6.45) is -9.26. The summed E-state index contributed by atoms with van der Waals surface area (Å²) in [6.45, 7) is -0.333. The van der Waals surface area contributed by atoms with Gasteiger partial charge in [-0.15, -0.1) is 0 Å². The van der Waals surface area contributed by atoms with Gasteiger partial charge < -0.3 is 10.4 Å². The molecule has 28 heavy (non-hydrogen) atoms. The molecule has 1 amide bonds. The van der Waals surface area contributed by atoms with E-state index in [4.69, 9.17) is 0 Å². The van der Waals surface area contributed by atoms with Gasteiger partial charge in [0.15, 0.2) is 0 Å². The van der Waals surface area contributed by atoms with Crippen LogP contribution in [0.3, 0.4) is 0 Å². The zero-order chi connectivity index (χ0) is 20.7. The molecule has 2 aromatic rings. The van der Waals surface area contributed by atoms with Crippen LogP contribution >= 0.6 is 0 Å². The van der Waals surface area contributed by atoms with Crippen LogP contribution in [0, 0.1) is 0 Å². The molecule has 0 spiro atoms. The van der Waals surface area contributed by atoms with Crippen molar-refractivity contribution in [2.45, 2.75) is 30.8 Å². The van der Waals surface area contributed by atoms with Gasteiger partial charge in [-0.3, -0.25) is 4.79 Å². The zero-order valence-corrected chi connectivity index (χ0v) is 14.3. The second-order valence-corrected chi connectivity index (χ2v) is 6.67. The van der Waals surface area contributed by atoms with E-state index in [2.05, 4.69) is 5.32 Å². The van der Waals surface area contributed by atoms with Gasteiger partial charge in [-0.1, -0.05) is 24.3 Å². The highest BCUT2D eigenvalue weighted by atomic mass is 19.4. The van der Waals surface area contributed by atoms with E-state index in [9.17, 15) is 36.2 Å².